The first-order valence-electron chi connectivity index (χ1n) is 11.4. The number of amides is 3. The Labute approximate surface area is 191 Å². The smallest absolute Gasteiger partial charge is 0.329 e. The van der Waals surface area contributed by atoms with E-state index < -0.39 is 29.5 Å². The Kier molecular flexibility index (Phi) is 8.75. The molecule has 0 saturated carbocycles. The third kappa shape index (κ3) is 7.00. The van der Waals surface area contributed by atoms with Crippen LogP contribution in [0.3, 0.4) is 0 Å². The van der Waals surface area contributed by atoms with Crippen LogP contribution in [0.4, 0.5) is 4.79 Å². The number of carbonyl (C=O) groups is 3. The van der Waals surface area contributed by atoms with E-state index in [1.807, 2.05) is 58.6 Å². The maximum atomic E-state index is 13.3. The second kappa shape index (κ2) is 10.9. The minimum atomic E-state index is -0.851. The van der Waals surface area contributed by atoms with Crippen molar-refractivity contribution in [1.29, 1.82) is 0 Å². The van der Waals surface area contributed by atoms with Crippen molar-refractivity contribution in [3.8, 4) is 0 Å². The SMILES string of the molecule is CC1CC(C)N(C(=O)C(NC(=O)NC(C(=O)OCC2=CCC=CO2)C(C)C)C(C)(C)C)C1. The maximum absolute atomic E-state index is 13.3. The third-order valence-electron chi connectivity index (χ3n) is 5.82. The van der Waals surface area contributed by atoms with Crippen molar-refractivity contribution in [2.75, 3.05) is 13.2 Å². The summed E-state index contributed by atoms with van der Waals surface area (Å²) < 4.78 is 10.6. The summed E-state index contributed by atoms with van der Waals surface area (Å²) in [6.07, 6.45) is 6.91. The summed E-state index contributed by atoms with van der Waals surface area (Å²) in [6.45, 7) is 14.2. The van der Waals surface area contributed by atoms with E-state index in [1.165, 1.54) is 0 Å². The fourth-order valence-electron chi connectivity index (χ4n) is 4.00. The molecule has 180 valence electrons. The van der Waals surface area contributed by atoms with Crippen LogP contribution in [0.5, 0.6) is 0 Å². The van der Waals surface area contributed by atoms with Gasteiger partial charge in [-0.15, -0.1) is 0 Å². The molecule has 8 nitrogen and oxygen atoms in total. The predicted octanol–water partition coefficient (Wildman–Crippen LogP) is 3.34. The van der Waals surface area contributed by atoms with Crippen molar-refractivity contribution < 1.29 is 23.9 Å². The highest BCUT2D eigenvalue weighted by Crippen LogP contribution is 2.27. The van der Waals surface area contributed by atoms with Gasteiger partial charge in [-0.2, -0.15) is 0 Å². The average molecular weight is 450 g/mol. The zero-order valence-corrected chi connectivity index (χ0v) is 20.4. The van der Waals surface area contributed by atoms with Crippen LogP contribution in [-0.4, -0.2) is 54.1 Å². The van der Waals surface area contributed by atoms with Gasteiger partial charge in [0.2, 0.25) is 5.91 Å². The number of nitrogens with one attached hydrogen (secondary N) is 2. The fourth-order valence-corrected chi connectivity index (χ4v) is 4.00. The van der Waals surface area contributed by atoms with Crippen molar-refractivity contribution in [1.82, 2.24) is 15.5 Å². The Balaban J connectivity index is 2.01. The van der Waals surface area contributed by atoms with Crippen LogP contribution < -0.4 is 10.6 Å². The molecule has 0 radical (unpaired) electrons. The van der Waals surface area contributed by atoms with Gasteiger partial charge in [-0.1, -0.05) is 41.5 Å². The van der Waals surface area contributed by atoms with Gasteiger partial charge in [0.1, 0.15) is 24.4 Å². The largest absolute Gasteiger partial charge is 0.466 e. The minimum Gasteiger partial charge on any atom is -0.466 e. The quantitative estimate of drug-likeness (QED) is 0.581. The molecule has 2 aliphatic rings. The van der Waals surface area contributed by atoms with Gasteiger partial charge in [0, 0.05) is 12.6 Å². The van der Waals surface area contributed by atoms with E-state index in [9.17, 15) is 14.4 Å². The molecule has 2 N–H and O–H groups in total. The van der Waals surface area contributed by atoms with Gasteiger partial charge in [-0.05, 0) is 49.2 Å². The third-order valence-corrected chi connectivity index (χ3v) is 5.82. The number of likely N-dealkylation sites (tertiary alicyclic amines) is 1. The standard InChI is InChI=1S/C24H39N3O5/c1-15(2)19(22(29)32-14-18-10-8-9-11-31-18)25-23(30)26-20(24(5,6)7)21(28)27-13-16(3)12-17(27)4/h9-11,15-17,19-20H,8,12-14H2,1-7H3,(H2,25,26,30). The summed E-state index contributed by atoms with van der Waals surface area (Å²) in [6, 6.07) is -2.00. The van der Waals surface area contributed by atoms with E-state index in [1.54, 1.807) is 6.26 Å². The van der Waals surface area contributed by atoms with E-state index in [-0.39, 0.29) is 24.5 Å². The van der Waals surface area contributed by atoms with E-state index in [0.717, 1.165) is 12.8 Å². The van der Waals surface area contributed by atoms with Crippen LogP contribution in [0.1, 0.15) is 61.3 Å². The highest BCUT2D eigenvalue weighted by atomic mass is 16.6. The molecular formula is C24H39N3O5. The van der Waals surface area contributed by atoms with Gasteiger partial charge in [0.15, 0.2) is 0 Å². The molecule has 0 spiro atoms. The summed E-state index contributed by atoms with van der Waals surface area (Å²) in [5, 5.41) is 5.52. The van der Waals surface area contributed by atoms with Crippen LogP contribution in [0.25, 0.3) is 0 Å². The second-order valence-electron chi connectivity index (χ2n) is 10.3. The topological polar surface area (TPSA) is 97.0 Å². The van der Waals surface area contributed by atoms with Crippen LogP contribution in [-0.2, 0) is 19.1 Å². The molecule has 3 amide bonds. The van der Waals surface area contributed by atoms with Gasteiger partial charge < -0.3 is 25.0 Å². The number of allylic oxidation sites excluding steroid dienone is 2. The molecule has 0 aromatic rings. The van der Waals surface area contributed by atoms with Crippen LogP contribution in [0.2, 0.25) is 0 Å². The highest BCUT2D eigenvalue weighted by Gasteiger charge is 2.40. The Morgan fingerprint density at radius 3 is 2.41 bits per heavy atom. The molecule has 1 fully saturated rings. The number of ether oxygens (including phenoxy) is 2. The molecule has 2 rings (SSSR count). The lowest BCUT2D eigenvalue weighted by atomic mass is 9.85. The van der Waals surface area contributed by atoms with Gasteiger partial charge in [0.05, 0.1) is 6.26 Å². The number of urea groups is 1. The summed E-state index contributed by atoms with van der Waals surface area (Å²) >= 11 is 0. The Hall–Kier alpha value is -2.51. The summed E-state index contributed by atoms with van der Waals surface area (Å²) in [5.41, 5.74) is -0.494. The van der Waals surface area contributed by atoms with E-state index in [2.05, 4.69) is 17.6 Å². The molecule has 1 saturated heterocycles. The zero-order chi connectivity index (χ0) is 24.1. The monoisotopic (exact) mass is 449 g/mol. The molecule has 32 heavy (non-hydrogen) atoms. The van der Waals surface area contributed by atoms with Crippen molar-refractivity contribution in [3.63, 3.8) is 0 Å². The zero-order valence-electron chi connectivity index (χ0n) is 20.4. The van der Waals surface area contributed by atoms with Crippen LogP contribution >= 0.6 is 0 Å². The van der Waals surface area contributed by atoms with E-state index >= 15 is 0 Å². The molecule has 0 aliphatic carbocycles. The molecular weight excluding hydrogens is 410 g/mol. The predicted molar refractivity (Wildman–Crippen MR) is 122 cm³/mol. The summed E-state index contributed by atoms with van der Waals surface area (Å²) in [5.74, 6) is 0.150. The summed E-state index contributed by atoms with van der Waals surface area (Å²) in [7, 11) is 0. The van der Waals surface area contributed by atoms with Gasteiger partial charge in [-0.25, -0.2) is 9.59 Å². The Morgan fingerprint density at radius 1 is 1.22 bits per heavy atom. The number of hydrogen-bond acceptors (Lipinski definition) is 5. The van der Waals surface area contributed by atoms with E-state index in [4.69, 9.17) is 9.47 Å². The van der Waals surface area contributed by atoms with Crippen molar-refractivity contribution in [2.24, 2.45) is 17.3 Å². The first kappa shape index (κ1) is 25.7. The van der Waals surface area contributed by atoms with Gasteiger partial charge in [0.25, 0.3) is 0 Å². The van der Waals surface area contributed by atoms with Crippen LogP contribution in [0.15, 0.2) is 24.2 Å². The number of nitrogens with zero attached hydrogens (tertiary/aromatic N) is 1. The lowest BCUT2D eigenvalue weighted by Crippen LogP contribution is -2.59. The van der Waals surface area contributed by atoms with E-state index in [0.29, 0.717) is 18.2 Å². The Bertz CT molecular complexity index is 753. The minimum absolute atomic E-state index is 0.00380. The first-order chi connectivity index (χ1) is 14.9. The molecule has 4 atom stereocenters. The number of carbonyl (C=O) groups excluding carboxylic acids is 3. The summed E-state index contributed by atoms with van der Waals surface area (Å²) in [4.78, 5) is 40.6. The van der Waals surface area contributed by atoms with Crippen molar-refractivity contribution in [2.45, 2.75) is 79.4 Å². The Morgan fingerprint density at radius 2 is 1.91 bits per heavy atom. The van der Waals surface area contributed by atoms with Crippen molar-refractivity contribution in [3.05, 3.63) is 24.2 Å². The number of rotatable bonds is 7. The van der Waals surface area contributed by atoms with Gasteiger partial charge in [-0.3, -0.25) is 4.79 Å². The molecule has 0 aromatic carbocycles. The fraction of sp³-hybridized carbons (Fsp3) is 0.708. The van der Waals surface area contributed by atoms with Gasteiger partial charge >= 0.3 is 12.0 Å². The number of esters is 1. The normalized spacial score (nSPS) is 22.6. The highest BCUT2D eigenvalue weighted by molar-refractivity contribution is 5.90. The van der Waals surface area contributed by atoms with Crippen LogP contribution in [0, 0.1) is 17.3 Å². The molecule has 8 heteroatoms. The molecule has 0 aromatic heterocycles. The second-order valence-corrected chi connectivity index (χ2v) is 10.3. The number of hydrogen-bond donors (Lipinski definition) is 2. The molecule has 2 heterocycles. The molecule has 2 aliphatic heterocycles. The molecule has 4 unspecified atom stereocenters. The lowest BCUT2D eigenvalue weighted by molar-refractivity contribution is -0.146. The lowest BCUT2D eigenvalue weighted by Gasteiger charge is -2.35. The maximum Gasteiger partial charge on any atom is 0.329 e. The average Bonchev–Trinajstić information content (AvgIpc) is 3.05. The van der Waals surface area contributed by atoms with Crippen molar-refractivity contribution >= 4 is 17.9 Å². The molecule has 0 bridgehead atoms. The first-order valence-corrected chi connectivity index (χ1v) is 11.4.